The van der Waals surface area contributed by atoms with E-state index in [0.717, 1.165) is 33.7 Å². The first-order valence-electron chi connectivity index (χ1n) is 17.9. The van der Waals surface area contributed by atoms with E-state index in [9.17, 15) is 0 Å². The number of hydrogen-bond donors (Lipinski definition) is 1. The molecule has 1 heterocycles. The summed E-state index contributed by atoms with van der Waals surface area (Å²) in [5, 5.41) is 8.49. The molecule has 7 aromatic carbocycles. The van der Waals surface area contributed by atoms with Gasteiger partial charge in [-0.25, -0.2) is 0 Å². The zero-order chi connectivity index (χ0) is 34.1. The number of hydrogen-bond acceptors (Lipinski definition) is 2. The molecule has 0 spiro atoms. The summed E-state index contributed by atoms with van der Waals surface area (Å²) >= 11 is 0. The SMILES string of the molecule is CC1(C)c2cc(NC3C=CC(c4ccc(-c5cc6c7ccccc7oc6c6ccccc56)cc4)=CC3)ccc2-c2ccc(-c3ccccc3)cc21. The predicted molar refractivity (Wildman–Crippen MR) is 215 cm³/mol. The van der Waals surface area contributed by atoms with Crippen LogP contribution in [0.3, 0.4) is 0 Å². The maximum absolute atomic E-state index is 6.34. The maximum atomic E-state index is 6.34. The van der Waals surface area contributed by atoms with E-state index in [1.807, 2.05) is 6.07 Å². The van der Waals surface area contributed by atoms with Gasteiger partial charge in [-0.15, -0.1) is 0 Å². The fourth-order valence-corrected chi connectivity index (χ4v) is 8.42. The van der Waals surface area contributed by atoms with Gasteiger partial charge >= 0.3 is 0 Å². The highest BCUT2D eigenvalue weighted by molar-refractivity contribution is 6.19. The Morgan fingerprint density at radius 3 is 2.00 bits per heavy atom. The zero-order valence-electron chi connectivity index (χ0n) is 28.8. The number of allylic oxidation sites excluding steroid dienone is 2. The molecule has 0 saturated heterocycles. The number of nitrogens with one attached hydrogen (secondary N) is 1. The summed E-state index contributed by atoms with van der Waals surface area (Å²) in [5.41, 5.74) is 15.9. The van der Waals surface area contributed by atoms with Crippen LogP contribution in [-0.2, 0) is 5.41 Å². The van der Waals surface area contributed by atoms with Crippen LogP contribution >= 0.6 is 0 Å². The van der Waals surface area contributed by atoms with Crippen LogP contribution in [0.25, 0.3) is 71.7 Å². The van der Waals surface area contributed by atoms with Crippen molar-refractivity contribution in [2.75, 3.05) is 5.32 Å². The smallest absolute Gasteiger partial charge is 0.143 e. The highest BCUT2D eigenvalue weighted by Crippen LogP contribution is 2.50. The molecule has 0 radical (unpaired) electrons. The summed E-state index contributed by atoms with van der Waals surface area (Å²) < 4.78 is 6.34. The second kappa shape index (κ2) is 11.5. The van der Waals surface area contributed by atoms with Gasteiger partial charge in [0, 0.05) is 33.3 Å². The van der Waals surface area contributed by atoms with Crippen LogP contribution in [-0.4, -0.2) is 6.04 Å². The van der Waals surface area contributed by atoms with Crippen molar-refractivity contribution in [3.63, 3.8) is 0 Å². The van der Waals surface area contributed by atoms with Crippen molar-refractivity contribution in [2.24, 2.45) is 0 Å². The van der Waals surface area contributed by atoms with E-state index >= 15 is 0 Å². The van der Waals surface area contributed by atoms with E-state index in [0.29, 0.717) is 0 Å². The Kier molecular flexibility index (Phi) is 6.69. The molecule has 0 bridgehead atoms. The number of fused-ring (bicyclic) bond motifs is 8. The summed E-state index contributed by atoms with van der Waals surface area (Å²) in [6.07, 6.45) is 7.88. The van der Waals surface area contributed by atoms with Gasteiger partial charge in [0.05, 0.1) is 0 Å². The molecule has 0 fully saturated rings. The first kappa shape index (κ1) is 29.8. The minimum absolute atomic E-state index is 0.0703. The number of para-hydroxylation sites is 1. The molecule has 0 aliphatic heterocycles. The molecular formula is C49H37NO. The van der Waals surface area contributed by atoms with E-state index < -0.39 is 0 Å². The number of anilines is 1. The maximum Gasteiger partial charge on any atom is 0.143 e. The molecule has 2 nitrogen and oxygen atoms in total. The fourth-order valence-electron chi connectivity index (χ4n) is 8.42. The van der Waals surface area contributed by atoms with Crippen molar-refractivity contribution in [3.05, 3.63) is 181 Å². The Labute approximate surface area is 298 Å². The largest absolute Gasteiger partial charge is 0.455 e. The third-order valence-corrected chi connectivity index (χ3v) is 11.1. The van der Waals surface area contributed by atoms with E-state index in [2.05, 4.69) is 177 Å². The minimum Gasteiger partial charge on any atom is -0.455 e. The Bertz CT molecular complexity index is 2710. The molecule has 0 saturated carbocycles. The average molecular weight is 656 g/mol. The second-order valence-electron chi connectivity index (χ2n) is 14.5. The summed E-state index contributed by atoms with van der Waals surface area (Å²) in [5.74, 6) is 0. The number of furan rings is 1. The molecule has 8 aromatic rings. The lowest BCUT2D eigenvalue weighted by molar-refractivity contribution is 0.660. The molecule has 1 aromatic heterocycles. The van der Waals surface area contributed by atoms with Crippen molar-refractivity contribution >= 4 is 44.0 Å². The van der Waals surface area contributed by atoms with Crippen LogP contribution in [0.2, 0.25) is 0 Å². The van der Waals surface area contributed by atoms with Crippen molar-refractivity contribution in [3.8, 4) is 33.4 Å². The van der Waals surface area contributed by atoms with Crippen LogP contribution in [0.4, 0.5) is 5.69 Å². The summed E-state index contributed by atoms with van der Waals surface area (Å²) in [6.45, 7) is 4.72. The van der Waals surface area contributed by atoms with Crippen molar-refractivity contribution in [1.82, 2.24) is 0 Å². The standard InChI is InChI=1S/C49H37NO/c1-49(2)45-28-35(31-10-4-3-5-11-31)22-26-39(45)40-27-25-37(29-46(40)49)50-36-23-20-33(21-24-36)32-16-18-34(19-17-32)43-30-44-41-13-8-9-15-47(41)51-48(44)42-14-7-6-12-38(42)43/h3-23,25-30,36,50H,24H2,1-2H3. The average Bonchev–Trinajstić information content (AvgIpc) is 3.67. The lowest BCUT2D eigenvalue weighted by atomic mass is 9.81. The van der Waals surface area contributed by atoms with E-state index in [1.54, 1.807) is 0 Å². The summed E-state index contributed by atoms with van der Waals surface area (Å²) in [4.78, 5) is 0. The molecule has 10 rings (SSSR count). The van der Waals surface area contributed by atoms with Gasteiger partial charge in [-0.05, 0) is 97.8 Å². The van der Waals surface area contributed by atoms with Gasteiger partial charge in [-0.3, -0.25) is 0 Å². The molecule has 51 heavy (non-hydrogen) atoms. The van der Waals surface area contributed by atoms with Gasteiger partial charge in [0.1, 0.15) is 11.2 Å². The van der Waals surface area contributed by atoms with Crippen LogP contribution in [0.1, 0.15) is 37.0 Å². The molecule has 2 aliphatic carbocycles. The lowest BCUT2D eigenvalue weighted by Crippen LogP contribution is -2.19. The molecule has 1 N–H and O–H groups in total. The monoisotopic (exact) mass is 655 g/mol. The lowest BCUT2D eigenvalue weighted by Gasteiger charge is -2.24. The quantitative estimate of drug-likeness (QED) is 0.200. The molecule has 0 amide bonds. The van der Waals surface area contributed by atoms with Gasteiger partial charge in [0.2, 0.25) is 0 Å². The van der Waals surface area contributed by atoms with Gasteiger partial charge in [-0.2, -0.15) is 0 Å². The second-order valence-corrected chi connectivity index (χ2v) is 14.5. The highest BCUT2D eigenvalue weighted by atomic mass is 16.3. The first-order valence-corrected chi connectivity index (χ1v) is 17.9. The molecule has 2 heteroatoms. The van der Waals surface area contributed by atoms with Crippen LogP contribution in [0, 0.1) is 0 Å². The Morgan fingerprint density at radius 1 is 0.549 bits per heavy atom. The van der Waals surface area contributed by atoms with Gasteiger partial charge in [-0.1, -0.05) is 147 Å². The minimum atomic E-state index is -0.0703. The topological polar surface area (TPSA) is 25.2 Å². The normalized spacial score (nSPS) is 16.0. The van der Waals surface area contributed by atoms with Crippen LogP contribution in [0.5, 0.6) is 0 Å². The fraction of sp³-hybridized carbons (Fsp3) is 0.102. The van der Waals surface area contributed by atoms with E-state index in [-0.39, 0.29) is 11.5 Å². The van der Waals surface area contributed by atoms with Gasteiger partial charge in [0.15, 0.2) is 0 Å². The van der Waals surface area contributed by atoms with E-state index in [1.165, 1.54) is 66.7 Å². The third-order valence-electron chi connectivity index (χ3n) is 11.1. The highest BCUT2D eigenvalue weighted by Gasteiger charge is 2.36. The Morgan fingerprint density at radius 2 is 1.22 bits per heavy atom. The first-order chi connectivity index (χ1) is 25.0. The van der Waals surface area contributed by atoms with Crippen molar-refractivity contribution < 1.29 is 4.42 Å². The van der Waals surface area contributed by atoms with Crippen molar-refractivity contribution in [1.29, 1.82) is 0 Å². The molecule has 2 aliphatic rings. The molecule has 244 valence electrons. The molecule has 1 unspecified atom stereocenters. The van der Waals surface area contributed by atoms with Gasteiger partial charge < -0.3 is 9.73 Å². The number of benzene rings is 7. The number of rotatable bonds is 5. The van der Waals surface area contributed by atoms with Crippen LogP contribution in [0.15, 0.2) is 168 Å². The van der Waals surface area contributed by atoms with Gasteiger partial charge in [0.25, 0.3) is 0 Å². The third kappa shape index (κ3) is 4.86. The zero-order valence-corrected chi connectivity index (χ0v) is 28.8. The Hall–Kier alpha value is -6.12. The Balaban J connectivity index is 0.881. The summed E-state index contributed by atoms with van der Waals surface area (Å²) in [7, 11) is 0. The predicted octanol–water partition coefficient (Wildman–Crippen LogP) is 13.2. The molecular weight excluding hydrogens is 619 g/mol. The van der Waals surface area contributed by atoms with E-state index in [4.69, 9.17) is 4.42 Å². The summed E-state index contributed by atoms with van der Waals surface area (Å²) in [6, 6.07) is 53.1. The molecule has 1 atom stereocenters. The van der Waals surface area contributed by atoms with Crippen LogP contribution < -0.4 is 5.32 Å². The van der Waals surface area contributed by atoms with Crippen molar-refractivity contribution in [2.45, 2.75) is 31.7 Å².